The van der Waals surface area contributed by atoms with Gasteiger partial charge in [-0.25, -0.2) is 4.79 Å². The van der Waals surface area contributed by atoms with Gasteiger partial charge in [0.05, 0.1) is 5.41 Å². The van der Waals surface area contributed by atoms with E-state index in [1.807, 2.05) is 38.1 Å². The normalized spacial score (nSPS) is 18.2. The summed E-state index contributed by atoms with van der Waals surface area (Å²) in [5.41, 5.74) is 1.36. The minimum atomic E-state index is -0.980. The Morgan fingerprint density at radius 3 is 2.39 bits per heavy atom. The molecule has 0 aromatic heterocycles. The maximum Gasteiger partial charge on any atom is 0.326 e. The van der Waals surface area contributed by atoms with Crippen LogP contribution >= 0.6 is 0 Å². The number of benzene rings is 1. The molecule has 1 aliphatic rings. The van der Waals surface area contributed by atoms with E-state index in [1.165, 1.54) is 0 Å². The first-order chi connectivity index (χ1) is 11.0. The maximum atomic E-state index is 13.0. The summed E-state index contributed by atoms with van der Waals surface area (Å²) in [5, 5.41) is 12.1. The number of aryl methyl sites for hydroxylation is 1. The Morgan fingerprint density at radius 2 is 1.87 bits per heavy atom. The molecule has 23 heavy (non-hydrogen) atoms. The minimum Gasteiger partial charge on any atom is -0.480 e. The number of carbonyl (C=O) groups excluding carboxylic acids is 1. The van der Waals surface area contributed by atoms with Crippen molar-refractivity contribution in [3.63, 3.8) is 0 Å². The summed E-state index contributed by atoms with van der Waals surface area (Å²) < 4.78 is 5.42. The summed E-state index contributed by atoms with van der Waals surface area (Å²) in [6.45, 7) is 4.92. The van der Waals surface area contributed by atoms with Crippen LogP contribution in [0.5, 0.6) is 0 Å². The second-order valence-electron chi connectivity index (χ2n) is 6.21. The second kappa shape index (κ2) is 7.59. The predicted molar refractivity (Wildman–Crippen MR) is 87.4 cm³/mol. The Hall–Kier alpha value is -1.88. The molecule has 1 atom stereocenters. The SMILES string of the molecule is CCCC(NC(=O)C1(c2ccc(C)cc2)CCOCC1)C(=O)O. The fourth-order valence-electron chi connectivity index (χ4n) is 3.08. The van der Waals surface area contributed by atoms with Gasteiger partial charge in [0.1, 0.15) is 6.04 Å². The van der Waals surface area contributed by atoms with Crippen molar-refractivity contribution in [2.45, 2.75) is 51.0 Å². The molecule has 1 aliphatic heterocycles. The average molecular weight is 319 g/mol. The first-order valence-electron chi connectivity index (χ1n) is 8.18. The van der Waals surface area contributed by atoms with Gasteiger partial charge in [-0.15, -0.1) is 0 Å². The standard InChI is InChI=1S/C18H25NO4/c1-3-4-15(16(20)21)19-17(22)18(9-11-23-12-10-18)14-7-5-13(2)6-8-14/h5-8,15H,3-4,9-12H2,1-2H3,(H,19,22)(H,20,21). The van der Waals surface area contributed by atoms with Crippen molar-refractivity contribution < 1.29 is 19.4 Å². The number of ether oxygens (including phenoxy) is 1. The lowest BCUT2D eigenvalue weighted by atomic mass is 9.73. The molecule has 5 nitrogen and oxygen atoms in total. The van der Waals surface area contributed by atoms with Gasteiger partial charge < -0.3 is 15.2 Å². The molecule has 1 amide bonds. The fraction of sp³-hybridized carbons (Fsp3) is 0.556. The minimum absolute atomic E-state index is 0.203. The van der Waals surface area contributed by atoms with Crippen LogP contribution in [0.15, 0.2) is 24.3 Å². The molecule has 1 aromatic rings. The van der Waals surface area contributed by atoms with Crippen LogP contribution in [0.25, 0.3) is 0 Å². The average Bonchev–Trinajstić information content (AvgIpc) is 2.55. The third-order valence-corrected chi connectivity index (χ3v) is 4.57. The van der Waals surface area contributed by atoms with Gasteiger partial charge in [-0.3, -0.25) is 4.79 Å². The van der Waals surface area contributed by atoms with Crippen LogP contribution in [-0.4, -0.2) is 36.2 Å². The molecule has 1 fully saturated rings. The summed E-state index contributed by atoms with van der Waals surface area (Å²) >= 11 is 0. The number of rotatable bonds is 6. The van der Waals surface area contributed by atoms with Gasteiger partial charge in [-0.2, -0.15) is 0 Å². The third kappa shape index (κ3) is 3.91. The molecule has 126 valence electrons. The van der Waals surface area contributed by atoms with Crippen molar-refractivity contribution in [3.05, 3.63) is 35.4 Å². The fourth-order valence-corrected chi connectivity index (χ4v) is 3.08. The zero-order chi connectivity index (χ0) is 16.9. The molecule has 2 rings (SSSR count). The molecule has 1 heterocycles. The molecule has 1 saturated heterocycles. The van der Waals surface area contributed by atoms with Crippen LogP contribution in [0, 0.1) is 6.92 Å². The molecule has 2 N–H and O–H groups in total. The number of nitrogens with one attached hydrogen (secondary N) is 1. The molecule has 0 spiro atoms. The van der Waals surface area contributed by atoms with Crippen molar-refractivity contribution in [2.24, 2.45) is 0 Å². The monoisotopic (exact) mass is 319 g/mol. The van der Waals surface area contributed by atoms with Gasteiger partial charge in [0.15, 0.2) is 0 Å². The maximum absolute atomic E-state index is 13.0. The third-order valence-electron chi connectivity index (χ3n) is 4.57. The molecular formula is C18H25NO4. The highest BCUT2D eigenvalue weighted by Gasteiger charge is 2.42. The highest BCUT2D eigenvalue weighted by Crippen LogP contribution is 2.35. The van der Waals surface area contributed by atoms with Crippen LogP contribution in [-0.2, 0) is 19.7 Å². The van der Waals surface area contributed by atoms with Gasteiger partial charge in [-0.1, -0.05) is 43.2 Å². The van der Waals surface area contributed by atoms with Crippen LogP contribution in [0.3, 0.4) is 0 Å². The van der Waals surface area contributed by atoms with E-state index in [9.17, 15) is 14.7 Å². The van der Waals surface area contributed by atoms with E-state index in [2.05, 4.69) is 5.32 Å². The number of aliphatic carboxylic acids is 1. The van der Waals surface area contributed by atoms with E-state index in [1.54, 1.807) is 0 Å². The molecule has 0 bridgehead atoms. The highest BCUT2D eigenvalue weighted by molar-refractivity contribution is 5.91. The molecule has 5 heteroatoms. The number of carbonyl (C=O) groups is 2. The smallest absolute Gasteiger partial charge is 0.326 e. The zero-order valence-corrected chi connectivity index (χ0v) is 13.8. The van der Waals surface area contributed by atoms with Gasteiger partial charge in [0.2, 0.25) is 5.91 Å². The highest BCUT2D eigenvalue weighted by atomic mass is 16.5. The van der Waals surface area contributed by atoms with E-state index in [4.69, 9.17) is 4.74 Å². The number of carboxylic acid groups (broad SMARTS) is 1. The molecule has 1 unspecified atom stereocenters. The summed E-state index contributed by atoms with van der Waals surface area (Å²) in [6.07, 6.45) is 2.28. The van der Waals surface area contributed by atoms with Gasteiger partial charge in [0.25, 0.3) is 0 Å². The number of hydrogen-bond donors (Lipinski definition) is 2. The van der Waals surface area contributed by atoms with Crippen molar-refractivity contribution in [2.75, 3.05) is 13.2 Å². The predicted octanol–water partition coefficient (Wildman–Crippen LogP) is 2.41. The number of hydrogen-bond acceptors (Lipinski definition) is 3. The van der Waals surface area contributed by atoms with Crippen molar-refractivity contribution in [3.8, 4) is 0 Å². The van der Waals surface area contributed by atoms with E-state index in [-0.39, 0.29) is 5.91 Å². The van der Waals surface area contributed by atoms with Crippen LogP contribution < -0.4 is 5.32 Å². The van der Waals surface area contributed by atoms with Crippen molar-refractivity contribution >= 4 is 11.9 Å². The Balaban J connectivity index is 2.28. The van der Waals surface area contributed by atoms with E-state index >= 15 is 0 Å². The first-order valence-corrected chi connectivity index (χ1v) is 8.18. The molecular weight excluding hydrogens is 294 g/mol. The molecule has 0 radical (unpaired) electrons. The van der Waals surface area contributed by atoms with Crippen LogP contribution in [0.1, 0.15) is 43.7 Å². The Bertz CT molecular complexity index is 547. The molecule has 0 saturated carbocycles. The first kappa shape index (κ1) is 17.5. The van der Waals surface area contributed by atoms with Crippen molar-refractivity contribution in [1.82, 2.24) is 5.32 Å². The quantitative estimate of drug-likeness (QED) is 0.844. The van der Waals surface area contributed by atoms with E-state index in [0.717, 1.165) is 11.1 Å². The molecule has 1 aromatic carbocycles. The number of carboxylic acids is 1. The summed E-state index contributed by atoms with van der Waals surface area (Å²) in [5.74, 6) is -1.18. The lowest BCUT2D eigenvalue weighted by Crippen LogP contribution is -2.52. The summed E-state index contributed by atoms with van der Waals surface area (Å²) in [4.78, 5) is 24.3. The topological polar surface area (TPSA) is 75.6 Å². The van der Waals surface area contributed by atoms with Crippen LogP contribution in [0.4, 0.5) is 0 Å². The van der Waals surface area contributed by atoms with Gasteiger partial charge >= 0.3 is 5.97 Å². The van der Waals surface area contributed by atoms with E-state index in [0.29, 0.717) is 38.9 Å². The Labute approximate surface area is 137 Å². The van der Waals surface area contributed by atoms with E-state index < -0.39 is 17.4 Å². The van der Waals surface area contributed by atoms with Crippen molar-refractivity contribution in [1.29, 1.82) is 0 Å². The summed E-state index contributed by atoms with van der Waals surface area (Å²) in [7, 11) is 0. The van der Waals surface area contributed by atoms with Crippen LogP contribution in [0.2, 0.25) is 0 Å². The summed E-state index contributed by atoms with van der Waals surface area (Å²) in [6, 6.07) is 7.07. The number of amides is 1. The largest absolute Gasteiger partial charge is 0.480 e. The lowest BCUT2D eigenvalue weighted by Gasteiger charge is -2.37. The van der Waals surface area contributed by atoms with Gasteiger partial charge in [0, 0.05) is 13.2 Å². The Kier molecular flexibility index (Phi) is 5.77. The van der Waals surface area contributed by atoms with Gasteiger partial charge in [-0.05, 0) is 31.7 Å². The molecule has 0 aliphatic carbocycles. The zero-order valence-electron chi connectivity index (χ0n) is 13.8. The Morgan fingerprint density at radius 1 is 1.26 bits per heavy atom. The second-order valence-corrected chi connectivity index (χ2v) is 6.21. The lowest BCUT2D eigenvalue weighted by molar-refractivity contribution is -0.144.